The van der Waals surface area contributed by atoms with E-state index in [0.717, 1.165) is 17.1 Å². The van der Waals surface area contributed by atoms with E-state index in [1.807, 2.05) is 36.7 Å². The second-order valence-electron chi connectivity index (χ2n) is 5.47. The molecule has 0 saturated carbocycles. The molecule has 0 saturated heterocycles. The van der Waals surface area contributed by atoms with Gasteiger partial charge in [0.05, 0.1) is 6.04 Å². The molecular formula is C17H18N6O. The molecule has 0 aliphatic carbocycles. The molecule has 0 radical (unpaired) electrons. The summed E-state index contributed by atoms with van der Waals surface area (Å²) in [6.07, 6.45) is 3.71. The van der Waals surface area contributed by atoms with Gasteiger partial charge in [-0.15, -0.1) is 10.2 Å². The molecule has 0 aliphatic heterocycles. The summed E-state index contributed by atoms with van der Waals surface area (Å²) >= 11 is 0. The Bertz CT molecular complexity index is 838. The first-order valence-corrected chi connectivity index (χ1v) is 7.55. The van der Waals surface area contributed by atoms with Crippen molar-refractivity contribution in [2.24, 2.45) is 5.73 Å². The molecule has 3 N–H and O–H groups in total. The van der Waals surface area contributed by atoms with Gasteiger partial charge in [0.2, 0.25) is 0 Å². The molecule has 7 nitrogen and oxygen atoms in total. The molecule has 122 valence electrons. The second kappa shape index (κ2) is 6.49. The quantitative estimate of drug-likeness (QED) is 0.750. The number of aryl methyl sites for hydroxylation is 1. The number of anilines is 1. The number of amides is 1. The van der Waals surface area contributed by atoms with E-state index in [-0.39, 0.29) is 11.7 Å². The van der Waals surface area contributed by atoms with Gasteiger partial charge in [0.15, 0.2) is 5.69 Å². The molecule has 0 fully saturated rings. The molecule has 1 amide bonds. The van der Waals surface area contributed by atoms with Crippen LogP contribution in [0.1, 0.15) is 34.8 Å². The first-order valence-electron chi connectivity index (χ1n) is 7.55. The maximum atomic E-state index is 11.0. The average Bonchev–Trinajstić information content (AvgIpc) is 3.01. The Hall–Kier alpha value is -3.22. The smallest absolute Gasteiger partial charge is 0.269 e. The normalized spacial score (nSPS) is 11.9. The van der Waals surface area contributed by atoms with Crippen LogP contribution in [-0.4, -0.2) is 25.7 Å². The fourth-order valence-electron chi connectivity index (χ4n) is 2.42. The third kappa shape index (κ3) is 3.24. The van der Waals surface area contributed by atoms with Crippen LogP contribution < -0.4 is 11.1 Å². The minimum Gasteiger partial charge on any atom is -0.364 e. The summed E-state index contributed by atoms with van der Waals surface area (Å²) in [6.45, 7) is 3.99. The van der Waals surface area contributed by atoms with Gasteiger partial charge < -0.3 is 15.6 Å². The van der Waals surface area contributed by atoms with Crippen molar-refractivity contribution in [3.8, 4) is 5.69 Å². The average molecular weight is 322 g/mol. The summed E-state index contributed by atoms with van der Waals surface area (Å²) < 4.78 is 2.02. The summed E-state index contributed by atoms with van der Waals surface area (Å²) in [7, 11) is 0. The number of benzene rings is 1. The number of primary amides is 1. The zero-order chi connectivity index (χ0) is 17.1. The van der Waals surface area contributed by atoms with Crippen LogP contribution in [0.3, 0.4) is 0 Å². The Labute approximate surface area is 139 Å². The zero-order valence-corrected chi connectivity index (χ0v) is 13.5. The topological polar surface area (TPSA) is 98.7 Å². The maximum Gasteiger partial charge on any atom is 0.269 e. The molecule has 3 aromatic rings. The first kappa shape index (κ1) is 15.7. The fraction of sp³-hybridized carbons (Fsp3) is 0.176. The fourth-order valence-corrected chi connectivity index (χ4v) is 2.42. The number of carbonyl (C=O) groups excluding carboxylic acids is 1. The maximum absolute atomic E-state index is 11.0. The summed E-state index contributed by atoms with van der Waals surface area (Å²) in [5.74, 6) is 0.938. The highest BCUT2D eigenvalue weighted by Gasteiger charge is 2.09. The van der Waals surface area contributed by atoms with Crippen LogP contribution in [0, 0.1) is 6.92 Å². The molecule has 2 heterocycles. The number of aromatic nitrogens is 4. The SMILES string of the molecule is Cc1nccn1-c1ccc([C@H](C)Nc2ccc(C(N)=O)nn2)cc1. The molecule has 0 aliphatic rings. The summed E-state index contributed by atoms with van der Waals surface area (Å²) in [4.78, 5) is 15.2. The number of nitrogens with two attached hydrogens (primary N) is 1. The van der Waals surface area contributed by atoms with Crippen molar-refractivity contribution >= 4 is 11.7 Å². The Kier molecular flexibility index (Phi) is 4.24. The number of imidazole rings is 1. The van der Waals surface area contributed by atoms with E-state index in [2.05, 4.69) is 32.6 Å². The Balaban J connectivity index is 1.72. The van der Waals surface area contributed by atoms with Crippen LogP contribution in [0.2, 0.25) is 0 Å². The molecule has 0 spiro atoms. The van der Waals surface area contributed by atoms with Gasteiger partial charge in [0.1, 0.15) is 11.6 Å². The number of nitrogens with one attached hydrogen (secondary N) is 1. The highest BCUT2D eigenvalue weighted by Crippen LogP contribution is 2.20. The van der Waals surface area contributed by atoms with E-state index in [4.69, 9.17) is 5.73 Å². The van der Waals surface area contributed by atoms with E-state index in [1.165, 1.54) is 0 Å². The van der Waals surface area contributed by atoms with E-state index < -0.39 is 5.91 Å². The van der Waals surface area contributed by atoms with Gasteiger partial charge in [0, 0.05) is 18.1 Å². The van der Waals surface area contributed by atoms with Gasteiger partial charge in [0.25, 0.3) is 5.91 Å². The van der Waals surface area contributed by atoms with Crippen molar-refractivity contribution < 1.29 is 4.79 Å². The molecular weight excluding hydrogens is 304 g/mol. The Morgan fingerprint density at radius 2 is 1.92 bits per heavy atom. The third-order valence-corrected chi connectivity index (χ3v) is 3.78. The predicted octanol–water partition coefficient (Wildman–Crippen LogP) is 2.24. The Morgan fingerprint density at radius 1 is 1.17 bits per heavy atom. The van der Waals surface area contributed by atoms with Gasteiger partial charge in [-0.1, -0.05) is 12.1 Å². The number of nitrogens with zero attached hydrogens (tertiary/aromatic N) is 4. The lowest BCUT2D eigenvalue weighted by atomic mass is 10.1. The van der Waals surface area contributed by atoms with Crippen molar-refractivity contribution in [3.63, 3.8) is 0 Å². The van der Waals surface area contributed by atoms with Crippen LogP contribution >= 0.6 is 0 Å². The lowest BCUT2D eigenvalue weighted by molar-refractivity contribution is 0.0994. The number of rotatable bonds is 5. The highest BCUT2D eigenvalue weighted by molar-refractivity contribution is 5.90. The van der Waals surface area contributed by atoms with Crippen molar-refractivity contribution in [1.29, 1.82) is 0 Å². The lowest BCUT2D eigenvalue weighted by Gasteiger charge is -2.15. The summed E-state index contributed by atoms with van der Waals surface area (Å²) in [5.41, 5.74) is 7.47. The minimum absolute atomic E-state index is 0.0386. The van der Waals surface area contributed by atoms with E-state index in [9.17, 15) is 4.79 Å². The molecule has 1 atom stereocenters. The van der Waals surface area contributed by atoms with Crippen molar-refractivity contribution in [3.05, 3.63) is 65.9 Å². The van der Waals surface area contributed by atoms with E-state index >= 15 is 0 Å². The minimum atomic E-state index is -0.590. The van der Waals surface area contributed by atoms with Crippen LogP contribution in [-0.2, 0) is 0 Å². The molecule has 0 unspecified atom stereocenters. The largest absolute Gasteiger partial charge is 0.364 e. The van der Waals surface area contributed by atoms with E-state index in [1.54, 1.807) is 18.3 Å². The monoisotopic (exact) mass is 322 g/mol. The second-order valence-corrected chi connectivity index (χ2v) is 5.47. The number of carbonyl (C=O) groups is 1. The molecule has 0 bridgehead atoms. The van der Waals surface area contributed by atoms with E-state index in [0.29, 0.717) is 5.82 Å². The van der Waals surface area contributed by atoms with Gasteiger partial charge >= 0.3 is 0 Å². The van der Waals surface area contributed by atoms with Crippen molar-refractivity contribution in [2.75, 3.05) is 5.32 Å². The van der Waals surface area contributed by atoms with Crippen LogP contribution in [0.4, 0.5) is 5.82 Å². The standard InChI is InChI=1S/C17H18N6O/c1-11(20-16-8-7-15(17(18)24)21-22-16)13-3-5-14(6-4-13)23-10-9-19-12(23)2/h3-11H,1-2H3,(H2,18,24)(H,20,22)/t11-/m0/s1. The lowest BCUT2D eigenvalue weighted by Crippen LogP contribution is -2.15. The van der Waals surface area contributed by atoms with Gasteiger partial charge in [-0.25, -0.2) is 4.98 Å². The molecule has 24 heavy (non-hydrogen) atoms. The first-order chi connectivity index (χ1) is 11.5. The van der Waals surface area contributed by atoms with Crippen LogP contribution in [0.15, 0.2) is 48.8 Å². The van der Waals surface area contributed by atoms with Crippen LogP contribution in [0.5, 0.6) is 0 Å². The molecule has 7 heteroatoms. The summed E-state index contributed by atoms with van der Waals surface area (Å²) in [5, 5.41) is 11.0. The number of hydrogen-bond donors (Lipinski definition) is 2. The molecule has 3 rings (SSSR count). The Morgan fingerprint density at radius 3 is 2.46 bits per heavy atom. The van der Waals surface area contributed by atoms with Crippen LogP contribution in [0.25, 0.3) is 5.69 Å². The van der Waals surface area contributed by atoms with Gasteiger partial charge in [-0.05, 0) is 43.7 Å². The molecule has 2 aromatic heterocycles. The highest BCUT2D eigenvalue weighted by atomic mass is 16.1. The third-order valence-electron chi connectivity index (χ3n) is 3.78. The van der Waals surface area contributed by atoms with Gasteiger partial charge in [-0.3, -0.25) is 4.79 Å². The number of hydrogen-bond acceptors (Lipinski definition) is 5. The molecule has 1 aromatic carbocycles. The van der Waals surface area contributed by atoms with Gasteiger partial charge in [-0.2, -0.15) is 0 Å². The van der Waals surface area contributed by atoms with Crippen molar-refractivity contribution in [2.45, 2.75) is 19.9 Å². The summed E-state index contributed by atoms with van der Waals surface area (Å²) in [6, 6.07) is 11.5. The van der Waals surface area contributed by atoms with Crippen molar-refractivity contribution in [1.82, 2.24) is 19.7 Å². The predicted molar refractivity (Wildman–Crippen MR) is 90.9 cm³/mol. The zero-order valence-electron chi connectivity index (χ0n) is 13.5.